The summed E-state index contributed by atoms with van der Waals surface area (Å²) in [5, 5.41) is 11.5. The van der Waals surface area contributed by atoms with E-state index in [0.29, 0.717) is 12.8 Å². The van der Waals surface area contributed by atoms with Crippen LogP contribution in [0.1, 0.15) is 110 Å². The molecule has 0 spiro atoms. The van der Waals surface area contributed by atoms with Crippen LogP contribution in [0, 0.1) is 0 Å². The van der Waals surface area contributed by atoms with E-state index >= 15 is 0 Å². The lowest BCUT2D eigenvalue weighted by Crippen LogP contribution is -2.55. The zero-order valence-electron chi connectivity index (χ0n) is 29.5. The van der Waals surface area contributed by atoms with Gasteiger partial charge in [-0.1, -0.05) is 126 Å². The first-order valence-corrected chi connectivity index (χ1v) is 17.4. The molecule has 0 bridgehead atoms. The Hall–Kier alpha value is -2.97. The van der Waals surface area contributed by atoms with Gasteiger partial charge < -0.3 is 28.6 Å². The predicted molar refractivity (Wildman–Crippen MR) is 185 cm³/mol. The molecule has 8 heteroatoms. The zero-order valence-corrected chi connectivity index (χ0v) is 29.5. The van der Waals surface area contributed by atoms with Crippen molar-refractivity contribution in [3.8, 4) is 0 Å². The Labute approximate surface area is 279 Å². The monoisotopic (exact) mass is 645 g/mol. The number of likely N-dealkylation sites (N-methyl/N-ethyl adjacent to an activating group) is 1. The highest BCUT2D eigenvalue weighted by molar-refractivity contribution is 5.70. The highest BCUT2D eigenvalue weighted by atomic mass is 16.6. The van der Waals surface area contributed by atoms with Crippen LogP contribution in [0.5, 0.6) is 0 Å². The number of quaternary nitrogens is 1. The zero-order chi connectivity index (χ0) is 34.3. The summed E-state index contributed by atoms with van der Waals surface area (Å²) >= 11 is 0. The second kappa shape index (κ2) is 29.4. The molecule has 0 heterocycles. The average molecular weight is 646 g/mol. The van der Waals surface area contributed by atoms with Gasteiger partial charge in [0.1, 0.15) is 12.6 Å². The van der Waals surface area contributed by atoms with Gasteiger partial charge in [0.2, 0.25) is 0 Å². The van der Waals surface area contributed by atoms with Gasteiger partial charge >= 0.3 is 11.9 Å². The number of unbranched alkanes of at least 4 members (excludes halogenated alkanes) is 9. The van der Waals surface area contributed by atoms with Crippen LogP contribution in [0.25, 0.3) is 0 Å². The third-order valence-electron chi connectivity index (χ3n) is 7.30. The van der Waals surface area contributed by atoms with Crippen molar-refractivity contribution in [2.24, 2.45) is 0 Å². The highest BCUT2D eigenvalue weighted by Gasteiger charge is 2.25. The van der Waals surface area contributed by atoms with E-state index in [4.69, 9.17) is 14.2 Å². The summed E-state index contributed by atoms with van der Waals surface area (Å²) < 4.78 is 16.9. The minimum absolute atomic E-state index is 0.0163. The molecule has 46 heavy (non-hydrogen) atoms. The molecular formula is C38H63NO7. The van der Waals surface area contributed by atoms with Crippen LogP contribution < -0.4 is 5.11 Å². The number of ether oxygens (including phenoxy) is 3. The second-order valence-corrected chi connectivity index (χ2v) is 12.5. The number of rotatable bonds is 29. The molecule has 8 nitrogen and oxygen atoms in total. The van der Waals surface area contributed by atoms with Gasteiger partial charge in [-0.2, -0.15) is 0 Å². The summed E-state index contributed by atoms with van der Waals surface area (Å²) in [7, 11) is 5.36. The number of hydrogen-bond acceptors (Lipinski definition) is 7. The number of aliphatic carboxylic acids is 1. The van der Waals surface area contributed by atoms with Crippen molar-refractivity contribution in [3.05, 3.63) is 60.8 Å². The lowest BCUT2D eigenvalue weighted by molar-refractivity contribution is -0.889. The molecule has 0 rings (SSSR count). The van der Waals surface area contributed by atoms with Crippen molar-refractivity contribution in [2.75, 3.05) is 41.0 Å². The van der Waals surface area contributed by atoms with Gasteiger partial charge in [0.15, 0.2) is 6.10 Å². The van der Waals surface area contributed by atoms with Crippen LogP contribution in [-0.4, -0.2) is 75.5 Å². The first-order chi connectivity index (χ1) is 22.1. The second-order valence-electron chi connectivity index (χ2n) is 12.5. The Balaban J connectivity index is 4.61. The highest BCUT2D eigenvalue weighted by Crippen LogP contribution is 2.12. The van der Waals surface area contributed by atoms with Crippen LogP contribution in [0.15, 0.2) is 60.8 Å². The van der Waals surface area contributed by atoms with E-state index in [1.54, 1.807) is 21.1 Å². The van der Waals surface area contributed by atoms with Crippen molar-refractivity contribution in [3.63, 3.8) is 0 Å². The third kappa shape index (κ3) is 27.3. The molecule has 0 radical (unpaired) electrons. The Morgan fingerprint density at radius 2 is 1.22 bits per heavy atom. The largest absolute Gasteiger partial charge is 0.544 e. The summed E-state index contributed by atoms with van der Waals surface area (Å²) in [5.41, 5.74) is 0. The van der Waals surface area contributed by atoms with Crippen molar-refractivity contribution >= 4 is 17.9 Å². The van der Waals surface area contributed by atoms with Crippen LogP contribution in [0.4, 0.5) is 0 Å². The van der Waals surface area contributed by atoms with Crippen molar-refractivity contribution in [2.45, 2.75) is 122 Å². The van der Waals surface area contributed by atoms with Crippen LogP contribution in [-0.2, 0) is 28.6 Å². The molecule has 0 N–H and O–H groups in total. The molecular weight excluding hydrogens is 582 g/mol. The minimum atomic E-state index is -1.14. The van der Waals surface area contributed by atoms with E-state index in [0.717, 1.165) is 32.1 Å². The number of esters is 2. The van der Waals surface area contributed by atoms with Crippen molar-refractivity contribution in [1.82, 2.24) is 0 Å². The van der Waals surface area contributed by atoms with Crippen LogP contribution >= 0.6 is 0 Å². The maximum atomic E-state index is 12.5. The molecule has 0 amide bonds. The molecule has 0 saturated heterocycles. The van der Waals surface area contributed by atoms with E-state index in [2.05, 4.69) is 19.9 Å². The molecule has 2 unspecified atom stereocenters. The molecule has 0 aromatic heterocycles. The van der Waals surface area contributed by atoms with Crippen LogP contribution in [0.2, 0.25) is 0 Å². The Kier molecular flexibility index (Phi) is 27.5. The minimum Gasteiger partial charge on any atom is -0.544 e. The molecule has 0 aliphatic heterocycles. The van der Waals surface area contributed by atoms with Gasteiger partial charge in [0.05, 0.1) is 40.3 Å². The Morgan fingerprint density at radius 1 is 0.674 bits per heavy atom. The molecule has 262 valence electrons. The normalized spacial score (nSPS) is 13.8. The van der Waals surface area contributed by atoms with Gasteiger partial charge in [-0.05, 0) is 25.7 Å². The fourth-order valence-corrected chi connectivity index (χ4v) is 4.57. The fourth-order valence-electron chi connectivity index (χ4n) is 4.57. The fraction of sp³-hybridized carbons (Fsp3) is 0.658. The quantitative estimate of drug-likeness (QED) is 0.0375. The molecule has 0 aromatic rings. The number of allylic oxidation sites excluding steroid dienone is 10. The van der Waals surface area contributed by atoms with E-state index in [9.17, 15) is 19.5 Å². The number of carboxylic acid groups (broad SMARTS) is 1. The van der Waals surface area contributed by atoms with Gasteiger partial charge in [-0.3, -0.25) is 9.59 Å². The summed E-state index contributed by atoms with van der Waals surface area (Å²) in [6.07, 6.45) is 32.6. The number of carbonyl (C=O) groups is 3. The lowest BCUT2D eigenvalue weighted by atomic mass is 10.1. The summed E-state index contributed by atoms with van der Waals surface area (Å²) in [4.78, 5) is 36.4. The molecule has 0 aliphatic carbocycles. The molecule has 0 aliphatic rings. The summed E-state index contributed by atoms with van der Waals surface area (Å²) in [6, 6.07) is -0.735. The average Bonchev–Trinajstić information content (AvgIpc) is 3.00. The summed E-state index contributed by atoms with van der Waals surface area (Å²) in [5.74, 6) is -1.85. The standard InChI is InChI=1S/C38H63NO7/c1-6-8-10-12-14-16-17-18-19-21-22-24-26-28-36(40)45-33-34(32-44-31-30-35(38(42)43)39(3,4)5)46-37(41)29-27-25-23-20-15-13-11-9-7-2/h8,10,12,14,16-19,21-22,34-35H,6-7,9,11,13,15,20,23-33H2,1-5H3/b10-8+,14-12+,17-16+,19-18+,22-21+. The Morgan fingerprint density at radius 3 is 1.78 bits per heavy atom. The molecule has 0 aromatic carbocycles. The maximum Gasteiger partial charge on any atom is 0.306 e. The third-order valence-corrected chi connectivity index (χ3v) is 7.30. The molecule has 0 fully saturated rings. The summed E-state index contributed by atoms with van der Waals surface area (Å²) in [6.45, 7) is 4.38. The first-order valence-electron chi connectivity index (χ1n) is 17.4. The van der Waals surface area contributed by atoms with Gasteiger partial charge in [-0.15, -0.1) is 0 Å². The van der Waals surface area contributed by atoms with Crippen molar-refractivity contribution in [1.29, 1.82) is 0 Å². The number of nitrogens with zero attached hydrogens (tertiary/aromatic N) is 1. The SMILES string of the molecule is CC/C=C/C=C/C=C/C=C/C=C/CCCC(=O)OCC(COCCC(C(=O)[O-])[N+](C)(C)C)OC(=O)CCCCCCCCCCC. The number of hydrogen-bond donors (Lipinski definition) is 0. The maximum absolute atomic E-state index is 12.5. The molecule has 0 saturated carbocycles. The van der Waals surface area contributed by atoms with E-state index in [1.807, 2.05) is 54.7 Å². The number of carboxylic acids is 1. The number of carbonyl (C=O) groups excluding carboxylic acids is 3. The predicted octanol–water partition coefficient (Wildman–Crippen LogP) is 6.96. The van der Waals surface area contributed by atoms with Gasteiger partial charge in [0.25, 0.3) is 0 Å². The van der Waals surface area contributed by atoms with Gasteiger partial charge in [-0.25, -0.2) is 0 Å². The van der Waals surface area contributed by atoms with E-state index < -0.39 is 18.1 Å². The topological polar surface area (TPSA) is 102 Å². The van der Waals surface area contributed by atoms with Crippen molar-refractivity contribution < 1.29 is 38.2 Å². The van der Waals surface area contributed by atoms with Gasteiger partial charge in [0, 0.05) is 19.3 Å². The lowest BCUT2D eigenvalue weighted by Gasteiger charge is -2.34. The smallest absolute Gasteiger partial charge is 0.306 e. The first kappa shape index (κ1) is 43.0. The van der Waals surface area contributed by atoms with Crippen LogP contribution in [0.3, 0.4) is 0 Å². The van der Waals surface area contributed by atoms with E-state index in [-0.39, 0.29) is 49.1 Å². The Bertz CT molecular complexity index is 943. The molecule has 2 atom stereocenters. The van der Waals surface area contributed by atoms with E-state index in [1.165, 1.54) is 38.5 Å².